The fraction of sp³-hybridized carbons (Fsp3) is 0.176. The van der Waals surface area contributed by atoms with Gasteiger partial charge in [-0.3, -0.25) is 9.59 Å². The Hall–Kier alpha value is -2.11. The highest BCUT2D eigenvalue weighted by Gasteiger charge is 2.36. The molecular weight excluding hydrogens is 354 g/mol. The van der Waals surface area contributed by atoms with Crippen LogP contribution >= 0.6 is 23.2 Å². The second-order valence-electron chi connectivity index (χ2n) is 5.50. The van der Waals surface area contributed by atoms with Crippen molar-refractivity contribution in [3.63, 3.8) is 0 Å². The molecule has 1 atom stereocenters. The Kier molecular flexibility index (Phi) is 4.73. The molecule has 2 amide bonds. The van der Waals surface area contributed by atoms with Crippen molar-refractivity contribution in [2.45, 2.75) is 6.42 Å². The van der Waals surface area contributed by atoms with Gasteiger partial charge in [0.1, 0.15) is 5.82 Å². The third kappa shape index (κ3) is 3.52. The number of nitrogens with one attached hydrogen (secondary N) is 1. The average Bonchev–Trinajstić information content (AvgIpc) is 2.91. The lowest BCUT2D eigenvalue weighted by atomic mass is 10.1. The van der Waals surface area contributed by atoms with Crippen LogP contribution in [-0.2, 0) is 9.59 Å². The molecule has 0 aromatic heterocycles. The number of rotatable bonds is 3. The van der Waals surface area contributed by atoms with Gasteiger partial charge in [-0.1, -0.05) is 23.2 Å². The molecule has 2 aromatic carbocycles. The van der Waals surface area contributed by atoms with Crippen LogP contribution in [0, 0.1) is 11.7 Å². The Morgan fingerprint density at radius 3 is 2.54 bits per heavy atom. The summed E-state index contributed by atoms with van der Waals surface area (Å²) in [5, 5.41) is 3.52. The van der Waals surface area contributed by atoms with Crippen molar-refractivity contribution in [1.82, 2.24) is 0 Å². The summed E-state index contributed by atoms with van der Waals surface area (Å²) in [7, 11) is 0. The van der Waals surface area contributed by atoms with Crippen molar-refractivity contribution in [2.24, 2.45) is 5.92 Å². The van der Waals surface area contributed by atoms with E-state index in [1.807, 2.05) is 0 Å². The summed E-state index contributed by atoms with van der Waals surface area (Å²) in [4.78, 5) is 26.0. The Labute approximate surface area is 148 Å². The highest BCUT2D eigenvalue weighted by molar-refractivity contribution is 6.36. The maximum absolute atomic E-state index is 12.9. The van der Waals surface area contributed by atoms with Crippen molar-refractivity contribution in [3.05, 3.63) is 58.3 Å². The Bertz CT molecular complexity index is 796. The van der Waals surface area contributed by atoms with Gasteiger partial charge in [-0.25, -0.2) is 4.39 Å². The van der Waals surface area contributed by atoms with Crippen LogP contribution in [0.3, 0.4) is 0 Å². The molecule has 7 heteroatoms. The number of hydrogen-bond acceptors (Lipinski definition) is 2. The fourth-order valence-electron chi connectivity index (χ4n) is 2.59. The predicted molar refractivity (Wildman–Crippen MR) is 92.0 cm³/mol. The lowest BCUT2D eigenvalue weighted by Crippen LogP contribution is -2.28. The second kappa shape index (κ2) is 6.79. The SMILES string of the molecule is O=C(Nc1ccc(F)cc1)C1CC(=O)N(c2ccc(Cl)cc2Cl)C1. The summed E-state index contributed by atoms with van der Waals surface area (Å²) in [5.41, 5.74) is 1.01. The molecule has 3 rings (SSSR count). The third-order valence-corrected chi connectivity index (χ3v) is 4.35. The van der Waals surface area contributed by atoms with Crippen molar-refractivity contribution < 1.29 is 14.0 Å². The monoisotopic (exact) mass is 366 g/mol. The van der Waals surface area contributed by atoms with Gasteiger partial charge in [-0.2, -0.15) is 0 Å². The van der Waals surface area contributed by atoms with E-state index in [9.17, 15) is 14.0 Å². The minimum Gasteiger partial charge on any atom is -0.326 e. The average molecular weight is 367 g/mol. The van der Waals surface area contributed by atoms with Gasteiger partial charge in [-0.15, -0.1) is 0 Å². The molecule has 1 fully saturated rings. The zero-order valence-corrected chi connectivity index (χ0v) is 13.9. The summed E-state index contributed by atoms with van der Waals surface area (Å²) >= 11 is 12.0. The Balaban J connectivity index is 1.72. The number of benzene rings is 2. The van der Waals surface area contributed by atoms with Crippen molar-refractivity contribution in [1.29, 1.82) is 0 Å². The van der Waals surface area contributed by atoms with Gasteiger partial charge < -0.3 is 10.2 Å². The van der Waals surface area contributed by atoms with Gasteiger partial charge in [-0.05, 0) is 42.5 Å². The van der Waals surface area contributed by atoms with E-state index in [1.165, 1.54) is 29.2 Å². The quantitative estimate of drug-likeness (QED) is 0.887. The minimum atomic E-state index is -0.505. The first-order valence-electron chi connectivity index (χ1n) is 7.26. The first-order valence-corrected chi connectivity index (χ1v) is 8.01. The number of amides is 2. The number of carbonyl (C=O) groups excluding carboxylic acids is 2. The van der Waals surface area contributed by atoms with Crippen LogP contribution in [0.1, 0.15) is 6.42 Å². The molecule has 1 heterocycles. The molecule has 0 radical (unpaired) electrons. The molecule has 0 aliphatic carbocycles. The number of halogens is 3. The maximum Gasteiger partial charge on any atom is 0.229 e. The topological polar surface area (TPSA) is 49.4 Å². The van der Waals surface area contributed by atoms with Gasteiger partial charge in [0.2, 0.25) is 11.8 Å². The van der Waals surface area contributed by atoms with Crippen molar-refractivity contribution in [3.8, 4) is 0 Å². The zero-order chi connectivity index (χ0) is 17.3. The smallest absolute Gasteiger partial charge is 0.229 e. The van der Waals surface area contributed by atoms with E-state index in [4.69, 9.17) is 23.2 Å². The molecule has 4 nitrogen and oxygen atoms in total. The molecule has 1 saturated heterocycles. The maximum atomic E-state index is 12.9. The van der Waals surface area contributed by atoms with E-state index in [0.29, 0.717) is 21.4 Å². The Morgan fingerprint density at radius 2 is 1.88 bits per heavy atom. The third-order valence-electron chi connectivity index (χ3n) is 3.81. The van der Waals surface area contributed by atoms with E-state index >= 15 is 0 Å². The molecule has 1 aliphatic rings. The van der Waals surface area contributed by atoms with E-state index in [0.717, 1.165) is 0 Å². The number of anilines is 2. The van der Waals surface area contributed by atoms with Crippen LogP contribution in [0.15, 0.2) is 42.5 Å². The van der Waals surface area contributed by atoms with E-state index in [2.05, 4.69) is 5.32 Å². The molecule has 0 spiro atoms. The zero-order valence-electron chi connectivity index (χ0n) is 12.4. The summed E-state index contributed by atoms with van der Waals surface area (Å²) in [6.45, 7) is 0.229. The Morgan fingerprint density at radius 1 is 1.17 bits per heavy atom. The van der Waals surface area contributed by atoms with Gasteiger partial charge in [0.25, 0.3) is 0 Å². The predicted octanol–water partition coefficient (Wildman–Crippen LogP) is 4.12. The van der Waals surface area contributed by atoms with Crippen LogP contribution in [0.4, 0.5) is 15.8 Å². The largest absolute Gasteiger partial charge is 0.326 e. The molecule has 124 valence electrons. The van der Waals surface area contributed by atoms with Crippen LogP contribution in [0.2, 0.25) is 10.0 Å². The van der Waals surface area contributed by atoms with E-state index in [1.54, 1.807) is 18.2 Å². The second-order valence-corrected chi connectivity index (χ2v) is 6.34. The molecule has 1 unspecified atom stereocenters. The lowest BCUT2D eigenvalue weighted by molar-refractivity contribution is -0.122. The number of carbonyl (C=O) groups is 2. The fourth-order valence-corrected chi connectivity index (χ4v) is 3.10. The molecule has 1 N–H and O–H groups in total. The first-order chi connectivity index (χ1) is 11.4. The first kappa shape index (κ1) is 16.7. The highest BCUT2D eigenvalue weighted by Crippen LogP contribution is 2.33. The molecular formula is C17H13Cl2FN2O2. The summed E-state index contributed by atoms with van der Waals surface area (Å²) < 4.78 is 12.9. The highest BCUT2D eigenvalue weighted by atomic mass is 35.5. The molecule has 24 heavy (non-hydrogen) atoms. The molecule has 1 aliphatic heterocycles. The van der Waals surface area contributed by atoms with Gasteiger partial charge in [0.15, 0.2) is 0 Å². The molecule has 0 saturated carbocycles. The normalized spacial score (nSPS) is 17.2. The standard InChI is InChI=1S/C17H13Cl2FN2O2/c18-11-1-6-15(14(19)8-11)22-9-10(7-16(22)23)17(24)21-13-4-2-12(20)3-5-13/h1-6,8,10H,7,9H2,(H,21,24). The lowest BCUT2D eigenvalue weighted by Gasteiger charge is -2.18. The van der Waals surface area contributed by atoms with Crippen LogP contribution in [0.25, 0.3) is 0 Å². The van der Waals surface area contributed by atoms with Crippen LogP contribution in [-0.4, -0.2) is 18.4 Å². The van der Waals surface area contributed by atoms with Crippen molar-refractivity contribution >= 4 is 46.4 Å². The summed E-state index contributed by atoms with van der Waals surface area (Å²) in [5.74, 6) is -1.36. The minimum absolute atomic E-state index is 0.0893. The summed E-state index contributed by atoms with van der Waals surface area (Å²) in [6, 6.07) is 10.3. The van der Waals surface area contributed by atoms with Crippen molar-refractivity contribution in [2.75, 3.05) is 16.8 Å². The van der Waals surface area contributed by atoms with Gasteiger partial charge >= 0.3 is 0 Å². The van der Waals surface area contributed by atoms with E-state index < -0.39 is 5.92 Å². The van der Waals surface area contributed by atoms with Gasteiger partial charge in [0.05, 0.1) is 16.6 Å². The van der Waals surface area contributed by atoms with Gasteiger partial charge in [0, 0.05) is 23.7 Å². The molecule has 2 aromatic rings. The number of hydrogen-bond donors (Lipinski definition) is 1. The number of nitrogens with zero attached hydrogens (tertiary/aromatic N) is 1. The van der Waals surface area contributed by atoms with Crippen LogP contribution < -0.4 is 10.2 Å². The van der Waals surface area contributed by atoms with E-state index in [-0.39, 0.29) is 30.6 Å². The molecule has 0 bridgehead atoms. The summed E-state index contributed by atoms with van der Waals surface area (Å²) in [6.07, 6.45) is 0.0893. The van der Waals surface area contributed by atoms with Crippen LogP contribution in [0.5, 0.6) is 0 Å².